The van der Waals surface area contributed by atoms with E-state index in [2.05, 4.69) is 37.5 Å². The molecule has 0 aliphatic rings. The van der Waals surface area contributed by atoms with Crippen molar-refractivity contribution >= 4 is 11.6 Å². The van der Waals surface area contributed by atoms with Gasteiger partial charge in [0.1, 0.15) is 0 Å². The molecular weight excluding hydrogens is 236 g/mol. The highest BCUT2D eigenvalue weighted by molar-refractivity contribution is 5.91. The zero-order valence-electron chi connectivity index (χ0n) is 12.3. The van der Waals surface area contributed by atoms with E-state index in [1.54, 1.807) is 0 Å². The molecule has 0 saturated carbocycles. The standard InChI is InChI=1S/C16H26N2O/c1-4-8-14-9-5-6-10-15(14)18-16(19)11-7-12-17-13(2)3/h5-6,9-10,13,17H,4,7-8,11-12H2,1-3H3,(H,18,19). The number of rotatable bonds is 8. The molecule has 0 saturated heterocycles. The van der Waals surface area contributed by atoms with E-state index in [1.165, 1.54) is 5.56 Å². The van der Waals surface area contributed by atoms with Crippen LogP contribution in [0.4, 0.5) is 5.69 Å². The fourth-order valence-corrected chi connectivity index (χ4v) is 1.98. The fourth-order valence-electron chi connectivity index (χ4n) is 1.98. The number of hydrogen-bond donors (Lipinski definition) is 2. The Morgan fingerprint density at radius 2 is 2.00 bits per heavy atom. The van der Waals surface area contributed by atoms with Gasteiger partial charge in [0, 0.05) is 18.2 Å². The number of anilines is 1. The molecule has 1 aromatic carbocycles. The molecule has 0 aromatic heterocycles. The Morgan fingerprint density at radius 1 is 1.26 bits per heavy atom. The third-order valence-corrected chi connectivity index (χ3v) is 2.94. The molecule has 0 fully saturated rings. The Kier molecular flexibility index (Phi) is 7.19. The highest BCUT2D eigenvalue weighted by Crippen LogP contribution is 2.17. The van der Waals surface area contributed by atoms with Gasteiger partial charge in [-0.3, -0.25) is 4.79 Å². The summed E-state index contributed by atoms with van der Waals surface area (Å²) in [5.74, 6) is 0.106. The average Bonchev–Trinajstić information content (AvgIpc) is 2.37. The van der Waals surface area contributed by atoms with E-state index >= 15 is 0 Å². The second-order valence-corrected chi connectivity index (χ2v) is 5.17. The predicted octanol–water partition coefficient (Wildman–Crippen LogP) is 3.36. The van der Waals surface area contributed by atoms with Crippen LogP contribution >= 0.6 is 0 Å². The lowest BCUT2D eigenvalue weighted by Crippen LogP contribution is -2.24. The van der Waals surface area contributed by atoms with Gasteiger partial charge in [-0.15, -0.1) is 0 Å². The second kappa shape index (κ2) is 8.70. The Hall–Kier alpha value is -1.35. The highest BCUT2D eigenvalue weighted by atomic mass is 16.1. The summed E-state index contributed by atoms with van der Waals surface area (Å²) in [4.78, 5) is 11.9. The van der Waals surface area contributed by atoms with E-state index in [1.807, 2.05) is 18.2 Å². The number of carbonyl (C=O) groups excluding carboxylic acids is 1. The largest absolute Gasteiger partial charge is 0.326 e. The van der Waals surface area contributed by atoms with E-state index in [0.717, 1.165) is 31.5 Å². The number of aryl methyl sites for hydroxylation is 1. The van der Waals surface area contributed by atoms with Gasteiger partial charge in [-0.25, -0.2) is 0 Å². The number of benzene rings is 1. The van der Waals surface area contributed by atoms with Gasteiger partial charge in [0.15, 0.2) is 0 Å². The molecule has 0 atom stereocenters. The van der Waals surface area contributed by atoms with Crippen molar-refractivity contribution in [1.29, 1.82) is 0 Å². The van der Waals surface area contributed by atoms with Crippen LogP contribution < -0.4 is 10.6 Å². The van der Waals surface area contributed by atoms with E-state index in [0.29, 0.717) is 12.5 Å². The van der Waals surface area contributed by atoms with Crippen molar-refractivity contribution in [2.75, 3.05) is 11.9 Å². The van der Waals surface area contributed by atoms with E-state index in [9.17, 15) is 4.79 Å². The van der Waals surface area contributed by atoms with Crippen molar-refractivity contribution in [2.24, 2.45) is 0 Å². The number of nitrogens with one attached hydrogen (secondary N) is 2. The lowest BCUT2D eigenvalue weighted by molar-refractivity contribution is -0.116. The number of carbonyl (C=O) groups is 1. The quantitative estimate of drug-likeness (QED) is 0.705. The third kappa shape index (κ3) is 6.39. The Bertz CT molecular complexity index is 388. The second-order valence-electron chi connectivity index (χ2n) is 5.17. The Labute approximate surface area is 116 Å². The molecule has 0 unspecified atom stereocenters. The fraction of sp³-hybridized carbons (Fsp3) is 0.562. The summed E-state index contributed by atoms with van der Waals surface area (Å²) in [6, 6.07) is 8.53. The van der Waals surface area contributed by atoms with Gasteiger partial charge < -0.3 is 10.6 Å². The van der Waals surface area contributed by atoms with Crippen molar-refractivity contribution in [3.05, 3.63) is 29.8 Å². The predicted molar refractivity (Wildman–Crippen MR) is 81.4 cm³/mol. The molecule has 0 bridgehead atoms. The molecule has 3 heteroatoms. The first-order chi connectivity index (χ1) is 9.13. The van der Waals surface area contributed by atoms with E-state index in [4.69, 9.17) is 0 Å². The van der Waals surface area contributed by atoms with Gasteiger partial charge in [-0.2, -0.15) is 0 Å². The van der Waals surface area contributed by atoms with Crippen LogP contribution in [-0.4, -0.2) is 18.5 Å². The smallest absolute Gasteiger partial charge is 0.224 e. The minimum atomic E-state index is 0.106. The van der Waals surface area contributed by atoms with E-state index in [-0.39, 0.29) is 5.91 Å². The van der Waals surface area contributed by atoms with Gasteiger partial charge in [-0.05, 0) is 31.0 Å². The lowest BCUT2D eigenvalue weighted by atomic mass is 10.1. The first-order valence-corrected chi connectivity index (χ1v) is 7.24. The molecule has 0 heterocycles. The van der Waals surface area contributed by atoms with Gasteiger partial charge in [0.25, 0.3) is 0 Å². The molecular formula is C16H26N2O. The Morgan fingerprint density at radius 3 is 2.68 bits per heavy atom. The summed E-state index contributed by atoms with van der Waals surface area (Å²) in [5, 5.41) is 6.33. The molecule has 0 aliphatic heterocycles. The SMILES string of the molecule is CCCc1ccccc1NC(=O)CCCNC(C)C. The zero-order chi connectivity index (χ0) is 14.1. The summed E-state index contributed by atoms with van der Waals surface area (Å²) in [7, 11) is 0. The van der Waals surface area contributed by atoms with Crippen LogP contribution in [0.3, 0.4) is 0 Å². The van der Waals surface area contributed by atoms with Crippen molar-refractivity contribution in [1.82, 2.24) is 5.32 Å². The molecule has 0 radical (unpaired) electrons. The molecule has 19 heavy (non-hydrogen) atoms. The lowest BCUT2D eigenvalue weighted by Gasteiger charge is -2.11. The maximum atomic E-state index is 11.9. The number of hydrogen-bond acceptors (Lipinski definition) is 2. The molecule has 106 valence electrons. The molecule has 2 N–H and O–H groups in total. The van der Waals surface area contributed by atoms with Crippen LogP contribution in [0.1, 0.15) is 45.6 Å². The van der Waals surface area contributed by atoms with Crippen LogP contribution in [0, 0.1) is 0 Å². The zero-order valence-corrected chi connectivity index (χ0v) is 12.3. The van der Waals surface area contributed by atoms with Crippen LogP contribution in [0.25, 0.3) is 0 Å². The first kappa shape index (κ1) is 15.7. The third-order valence-electron chi connectivity index (χ3n) is 2.94. The minimum Gasteiger partial charge on any atom is -0.326 e. The molecule has 1 rings (SSSR count). The maximum absolute atomic E-state index is 11.9. The number of para-hydroxylation sites is 1. The highest BCUT2D eigenvalue weighted by Gasteiger charge is 2.05. The number of amides is 1. The van der Waals surface area contributed by atoms with Crippen LogP contribution in [0.5, 0.6) is 0 Å². The minimum absolute atomic E-state index is 0.106. The topological polar surface area (TPSA) is 41.1 Å². The van der Waals surface area contributed by atoms with Crippen molar-refractivity contribution in [3.8, 4) is 0 Å². The summed E-state index contributed by atoms with van der Waals surface area (Å²) >= 11 is 0. The molecule has 0 aliphatic carbocycles. The Balaban J connectivity index is 2.39. The van der Waals surface area contributed by atoms with Gasteiger partial charge in [0.05, 0.1) is 0 Å². The van der Waals surface area contributed by atoms with Crippen LogP contribution in [-0.2, 0) is 11.2 Å². The molecule has 3 nitrogen and oxygen atoms in total. The van der Waals surface area contributed by atoms with Crippen LogP contribution in [0.2, 0.25) is 0 Å². The first-order valence-electron chi connectivity index (χ1n) is 7.24. The summed E-state index contributed by atoms with van der Waals surface area (Å²) in [6.45, 7) is 7.26. The van der Waals surface area contributed by atoms with Crippen LogP contribution in [0.15, 0.2) is 24.3 Å². The molecule has 0 spiro atoms. The molecule has 1 amide bonds. The van der Waals surface area contributed by atoms with Crippen molar-refractivity contribution in [2.45, 2.75) is 52.5 Å². The normalized spacial score (nSPS) is 10.7. The average molecular weight is 262 g/mol. The maximum Gasteiger partial charge on any atom is 0.224 e. The van der Waals surface area contributed by atoms with Gasteiger partial charge >= 0.3 is 0 Å². The molecule has 1 aromatic rings. The summed E-state index contributed by atoms with van der Waals surface area (Å²) in [5.41, 5.74) is 2.19. The van der Waals surface area contributed by atoms with Crippen molar-refractivity contribution in [3.63, 3.8) is 0 Å². The van der Waals surface area contributed by atoms with E-state index < -0.39 is 0 Å². The van der Waals surface area contributed by atoms with Crippen molar-refractivity contribution < 1.29 is 4.79 Å². The van der Waals surface area contributed by atoms with Gasteiger partial charge in [0.2, 0.25) is 5.91 Å². The monoisotopic (exact) mass is 262 g/mol. The van der Waals surface area contributed by atoms with Gasteiger partial charge in [-0.1, -0.05) is 45.4 Å². The summed E-state index contributed by atoms with van der Waals surface area (Å²) in [6.07, 6.45) is 3.54. The summed E-state index contributed by atoms with van der Waals surface area (Å²) < 4.78 is 0.